The number of nitrogens with two attached hydrogens (primary N) is 4. The molecule has 0 fully saturated rings. The van der Waals surface area contributed by atoms with E-state index in [1.165, 1.54) is 6.92 Å². The van der Waals surface area contributed by atoms with E-state index in [2.05, 4.69) is 37.2 Å². The summed E-state index contributed by atoms with van der Waals surface area (Å²) in [6, 6.07) is -10.2. The molecule has 0 aliphatic carbocycles. The van der Waals surface area contributed by atoms with Crippen LogP contribution < -0.4 is 60.2 Å². The molecule has 8 amide bonds. The number of aliphatic hydroxyl groups excluding tert-OH is 2. The smallest absolute Gasteiger partial charge is 0.325 e. The van der Waals surface area contributed by atoms with Crippen molar-refractivity contribution in [2.75, 3.05) is 32.8 Å². The standard InChI is InChI=1S/C33H61N11O12/c1-17(2)12-21(29(51)38-18(3)33(55)56)41-28(50)20(9-5-7-11-35)40-31(53)23(15-45)44-30(52)22(13-25(37)47)42-32(54)24(16-46)43-27(49)19(8-4-6-10-34)39-26(48)14-36/h17-24,45-46H,4-16,34-36H2,1-3H3,(H2,37,47)(H,38,51)(H,39,48)(H,40,53)(H,41,50)(H,42,54)(H,43,49)(H,44,52)(H,55,56)/t18-,19-,20-,21-,22-,23-,24-/m0/s1. The molecule has 0 aliphatic rings. The molecule has 0 saturated heterocycles. The van der Waals surface area contributed by atoms with Gasteiger partial charge in [0.2, 0.25) is 47.3 Å². The van der Waals surface area contributed by atoms with Gasteiger partial charge in [-0.2, -0.15) is 0 Å². The van der Waals surface area contributed by atoms with Crippen molar-refractivity contribution in [3.8, 4) is 0 Å². The minimum absolute atomic E-state index is 0.000813. The summed E-state index contributed by atoms with van der Waals surface area (Å²) >= 11 is 0. The van der Waals surface area contributed by atoms with Gasteiger partial charge in [-0.25, -0.2) is 0 Å². The summed E-state index contributed by atoms with van der Waals surface area (Å²) < 4.78 is 0. The molecule has 0 bridgehead atoms. The topological polar surface area (TPSA) is 403 Å². The average Bonchev–Trinajstić information content (AvgIpc) is 3.13. The molecular weight excluding hydrogens is 742 g/mol. The number of primary amides is 1. The van der Waals surface area contributed by atoms with Crippen LogP contribution in [0.15, 0.2) is 0 Å². The van der Waals surface area contributed by atoms with Crippen LogP contribution >= 0.6 is 0 Å². The number of amides is 8. The molecular formula is C33H61N11O12. The molecule has 7 atom stereocenters. The van der Waals surface area contributed by atoms with E-state index < -0.39 is 122 Å². The number of carbonyl (C=O) groups is 9. The van der Waals surface area contributed by atoms with E-state index in [0.29, 0.717) is 32.2 Å². The van der Waals surface area contributed by atoms with Crippen LogP contribution in [-0.4, -0.2) is 144 Å². The lowest BCUT2D eigenvalue weighted by Gasteiger charge is -2.27. The highest BCUT2D eigenvalue weighted by Crippen LogP contribution is 2.09. The number of carboxylic acid groups (broad SMARTS) is 1. The van der Waals surface area contributed by atoms with Crippen molar-refractivity contribution < 1.29 is 58.5 Å². The molecule has 23 heteroatoms. The highest BCUT2D eigenvalue weighted by Gasteiger charge is 2.34. The number of carboxylic acids is 1. The Morgan fingerprint density at radius 2 is 0.893 bits per heavy atom. The zero-order chi connectivity index (χ0) is 43.0. The van der Waals surface area contributed by atoms with Gasteiger partial charge in [0.25, 0.3) is 0 Å². The third kappa shape index (κ3) is 20.1. The van der Waals surface area contributed by atoms with Crippen molar-refractivity contribution in [1.29, 1.82) is 0 Å². The number of aliphatic carboxylic acids is 1. The van der Waals surface area contributed by atoms with E-state index in [4.69, 9.17) is 22.9 Å². The molecule has 0 saturated carbocycles. The molecule has 320 valence electrons. The summed E-state index contributed by atoms with van der Waals surface area (Å²) in [6.07, 6.45) is 1.08. The van der Waals surface area contributed by atoms with Crippen LogP contribution in [0.1, 0.15) is 72.1 Å². The van der Waals surface area contributed by atoms with E-state index in [1.54, 1.807) is 13.8 Å². The number of unbranched alkanes of at least 4 members (excludes halogenated alkanes) is 2. The van der Waals surface area contributed by atoms with Crippen molar-refractivity contribution in [2.45, 2.75) is 114 Å². The lowest BCUT2D eigenvalue weighted by atomic mass is 10.0. The fraction of sp³-hybridized carbons (Fsp3) is 0.727. The predicted octanol–water partition coefficient (Wildman–Crippen LogP) is -6.39. The Labute approximate surface area is 324 Å². The quantitative estimate of drug-likeness (QED) is 0.0313. The highest BCUT2D eigenvalue weighted by molar-refractivity contribution is 5.98. The lowest BCUT2D eigenvalue weighted by molar-refractivity contribution is -0.142. The number of aliphatic hydroxyl groups is 2. The summed E-state index contributed by atoms with van der Waals surface area (Å²) in [4.78, 5) is 114. The van der Waals surface area contributed by atoms with Gasteiger partial charge in [-0.05, 0) is 70.9 Å². The number of rotatable bonds is 29. The summed E-state index contributed by atoms with van der Waals surface area (Å²) in [6.45, 7) is 2.87. The van der Waals surface area contributed by atoms with Crippen LogP contribution in [0.2, 0.25) is 0 Å². The van der Waals surface area contributed by atoms with E-state index >= 15 is 0 Å². The molecule has 0 unspecified atom stereocenters. The minimum Gasteiger partial charge on any atom is -0.480 e. The van der Waals surface area contributed by atoms with Crippen LogP contribution in [0.5, 0.6) is 0 Å². The number of hydrogen-bond donors (Lipinski definition) is 14. The second-order valence-electron chi connectivity index (χ2n) is 13.4. The maximum atomic E-state index is 13.4. The zero-order valence-electron chi connectivity index (χ0n) is 32.1. The molecule has 56 heavy (non-hydrogen) atoms. The highest BCUT2D eigenvalue weighted by atomic mass is 16.4. The van der Waals surface area contributed by atoms with Gasteiger partial charge in [-0.3, -0.25) is 43.2 Å². The van der Waals surface area contributed by atoms with Gasteiger partial charge < -0.3 is 75.5 Å². The molecule has 18 N–H and O–H groups in total. The predicted molar refractivity (Wildman–Crippen MR) is 199 cm³/mol. The fourth-order valence-corrected chi connectivity index (χ4v) is 5.02. The summed E-state index contributed by atoms with van der Waals surface area (Å²) in [5.41, 5.74) is 21.7. The molecule has 0 aliphatic heterocycles. The molecule has 0 aromatic heterocycles. The van der Waals surface area contributed by atoms with Gasteiger partial charge in [-0.15, -0.1) is 0 Å². The maximum Gasteiger partial charge on any atom is 0.325 e. The second-order valence-corrected chi connectivity index (χ2v) is 13.4. The molecule has 0 spiro atoms. The van der Waals surface area contributed by atoms with E-state index in [9.17, 15) is 58.5 Å². The number of carbonyl (C=O) groups excluding carboxylic acids is 8. The third-order valence-corrected chi connectivity index (χ3v) is 8.10. The zero-order valence-corrected chi connectivity index (χ0v) is 32.1. The minimum atomic E-state index is -1.79. The monoisotopic (exact) mass is 803 g/mol. The maximum absolute atomic E-state index is 13.4. The van der Waals surface area contributed by atoms with Crippen molar-refractivity contribution in [3.05, 3.63) is 0 Å². The molecule has 0 radical (unpaired) electrons. The van der Waals surface area contributed by atoms with Gasteiger partial charge in [0.05, 0.1) is 26.2 Å². The largest absolute Gasteiger partial charge is 0.480 e. The van der Waals surface area contributed by atoms with Gasteiger partial charge >= 0.3 is 5.97 Å². The second kappa shape index (κ2) is 27.6. The summed E-state index contributed by atoms with van der Waals surface area (Å²) in [5, 5.41) is 45.3. The van der Waals surface area contributed by atoms with Gasteiger partial charge in [-0.1, -0.05) is 13.8 Å². The van der Waals surface area contributed by atoms with Crippen molar-refractivity contribution >= 4 is 53.2 Å². The Bertz CT molecular complexity index is 1340. The summed E-state index contributed by atoms with van der Waals surface area (Å²) in [7, 11) is 0. The van der Waals surface area contributed by atoms with E-state index in [-0.39, 0.29) is 31.7 Å². The average molecular weight is 804 g/mol. The Hall–Kier alpha value is -4.97. The molecule has 0 aromatic rings. The van der Waals surface area contributed by atoms with E-state index in [1.807, 2.05) is 0 Å². The number of nitrogens with one attached hydrogen (secondary N) is 7. The normalized spacial score (nSPS) is 14.7. The molecule has 0 rings (SSSR count). The third-order valence-electron chi connectivity index (χ3n) is 8.10. The van der Waals surface area contributed by atoms with Crippen molar-refractivity contribution in [1.82, 2.24) is 37.2 Å². The van der Waals surface area contributed by atoms with Crippen LogP contribution in [0.3, 0.4) is 0 Å². The molecule has 0 aromatic carbocycles. The van der Waals surface area contributed by atoms with Gasteiger partial charge in [0.15, 0.2) is 0 Å². The molecule has 23 nitrogen and oxygen atoms in total. The molecule has 0 heterocycles. The van der Waals surface area contributed by atoms with Crippen LogP contribution in [0, 0.1) is 5.92 Å². The summed E-state index contributed by atoms with van der Waals surface area (Å²) in [5.74, 6) is -9.11. The van der Waals surface area contributed by atoms with Crippen LogP contribution in [0.25, 0.3) is 0 Å². The first-order chi connectivity index (χ1) is 26.3. The first kappa shape index (κ1) is 51.0. The van der Waals surface area contributed by atoms with Crippen LogP contribution in [0.4, 0.5) is 0 Å². The van der Waals surface area contributed by atoms with Crippen molar-refractivity contribution in [3.63, 3.8) is 0 Å². The van der Waals surface area contributed by atoms with Crippen molar-refractivity contribution in [2.24, 2.45) is 28.9 Å². The fourth-order valence-electron chi connectivity index (χ4n) is 5.02. The Kier molecular flexibility index (Phi) is 25.1. The Balaban J connectivity index is 6.04. The Morgan fingerprint density at radius 3 is 1.29 bits per heavy atom. The van der Waals surface area contributed by atoms with Crippen LogP contribution in [-0.2, 0) is 43.2 Å². The lowest BCUT2D eigenvalue weighted by Crippen LogP contribution is -2.61. The van der Waals surface area contributed by atoms with Gasteiger partial charge in [0.1, 0.15) is 42.3 Å². The van der Waals surface area contributed by atoms with E-state index in [0.717, 1.165) is 0 Å². The SMILES string of the molecule is CC(C)C[C@H](NC(=O)[C@H](CCCCN)NC(=O)[C@H](CO)NC(=O)[C@H](CC(N)=O)NC(=O)[C@H](CO)NC(=O)[C@H](CCCCN)NC(=O)CN)C(=O)N[C@@H](C)C(=O)O. The van der Waals surface area contributed by atoms with Gasteiger partial charge in [0, 0.05) is 0 Å². The first-order valence-electron chi connectivity index (χ1n) is 18.3. The Morgan fingerprint density at radius 1 is 0.518 bits per heavy atom. The first-order valence-corrected chi connectivity index (χ1v) is 18.3. The number of hydrogen-bond acceptors (Lipinski definition) is 14.